The van der Waals surface area contributed by atoms with E-state index in [1.807, 2.05) is 53.0 Å². The minimum absolute atomic E-state index is 0.0197. The lowest BCUT2D eigenvalue weighted by Crippen LogP contribution is -2.40. The van der Waals surface area contributed by atoms with Crippen molar-refractivity contribution in [3.8, 4) is 23.2 Å². The van der Waals surface area contributed by atoms with Crippen molar-refractivity contribution in [2.45, 2.75) is 69.9 Å². The molecule has 0 bridgehead atoms. The number of carbonyl (C=O) groups excluding carboxylic acids is 1. The number of aryl methyl sites for hydroxylation is 1. The molecule has 1 aliphatic carbocycles. The molecule has 0 unspecified atom stereocenters. The molecule has 11 heteroatoms. The number of hydrogen-bond acceptors (Lipinski definition) is 9. The smallest absolute Gasteiger partial charge is 0.254 e. The normalized spacial score (nSPS) is 20.9. The van der Waals surface area contributed by atoms with E-state index < -0.39 is 5.54 Å². The first-order valence-corrected chi connectivity index (χ1v) is 14.0. The predicted octanol–water partition coefficient (Wildman–Crippen LogP) is 5.53. The molecule has 1 N–H and O–H groups in total. The summed E-state index contributed by atoms with van der Waals surface area (Å²) in [5.41, 5.74) is 2.91. The summed E-state index contributed by atoms with van der Waals surface area (Å²) in [6.07, 6.45) is 11.5. The van der Waals surface area contributed by atoms with Gasteiger partial charge in [0.25, 0.3) is 5.88 Å². The number of anilines is 3. The second-order valence-corrected chi connectivity index (χ2v) is 10.8. The maximum atomic E-state index is 12.2. The van der Waals surface area contributed by atoms with Gasteiger partial charge in [0.15, 0.2) is 0 Å². The van der Waals surface area contributed by atoms with Gasteiger partial charge in [-0.2, -0.15) is 10.4 Å². The van der Waals surface area contributed by atoms with E-state index >= 15 is 0 Å². The van der Waals surface area contributed by atoms with Crippen LogP contribution in [-0.4, -0.2) is 43.5 Å². The highest BCUT2D eigenvalue weighted by Gasteiger charge is 2.39. The number of ether oxygens (including phenoxy) is 1. The fourth-order valence-electron chi connectivity index (χ4n) is 5.68. The Labute approximate surface area is 238 Å². The number of benzene rings is 1. The van der Waals surface area contributed by atoms with Crippen molar-refractivity contribution in [3.05, 3.63) is 60.7 Å². The molecular weight excluding hydrogens is 520 g/mol. The number of nitrogens with one attached hydrogen (secondary N) is 1. The largest absolute Gasteiger partial charge is 0.472 e. The maximum absolute atomic E-state index is 12.2. The molecule has 3 aromatic heterocycles. The summed E-state index contributed by atoms with van der Waals surface area (Å²) in [6, 6.07) is 13.8. The minimum Gasteiger partial charge on any atom is -0.472 e. The van der Waals surface area contributed by atoms with Gasteiger partial charge in [-0.05, 0) is 80.9 Å². The number of aromatic nitrogens is 5. The zero-order chi connectivity index (χ0) is 28.2. The monoisotopic (exact) mass is 552 g/mol. The number of rotatable bonds is 8. The van der Waals surface area contributed by atoms with Crippen molar-refractivity contribution in [1.29, 1.82) is 5.26 Å². The summed E-state index contributed by atoms with van der Waals surface area (Å²) >= 11 is 0. The molecule has 0 radical (unpaired) electrons. The van der Waals surface area contributed by atoms with Crippen molar-refractivity contribution in [3.63, 3.8) is 0 Å². The predicted molar refractivity (Wildman–Crippen MR) is 152 cm³/mol. The molecular formula is C30H32N8O3. The first kappa shape index (κ1) is 26.5. The van der Waals surface area contributed by atoms with E-state index in [9.17, 15) is 10.1 Å². The lowest BCUT2D eigenvalue weighted by molar-refractivity contribution is -0.119. The summed E-state index contributed by atoms with van der Waals surface area (Å²) < 4.78 is 13.0. The van der Waals surface area contributed by atoms with Crippen LogP contribution in [0, 0.1) is 18.3 Å². The third-order valence-electron chi connectivity index (χ3n) is 7.94. The Morgan fingerprint density at radius 3 is 2.76 bits per heavy atom. The van der Waals surface area contributed by atoms with Crippen LogP contribution in [0.2, 0.25) is 0 Å². The van der Waals surface area contributed by atoms with Crippen molar-refractivity contribution in [2.24, 2.45) is 0 Å². The maximum Gasteiger partial charge on any atom is 0.254 e. The van der Waals surface area contributed by atoms with Gasteiger partial charge in [0, 0.05) is 48.4 Å². The number of amides is 1. The Morgan fingerprint density at radius 2 is 2.02 bits per heavy atom. The van der Waals surface area contributed by atoms with Gasteiger partial charge in [-0.15, -0.1) is 0 Å². The van der Waals surface area contributed by atoms with Crippen molar-refractivity contribution in [2.75, 3.05) is 16.8 Å². The lowest BCUT2D eigenvalue weighted by Gasteiger charge is -2.38. The van der Waals surface area contributed by atoms with Crippen LogP contribution in [0.4, 0.5) is 17.3 Å². The molecule has 1 saturated heterocycles. The van der Waals surface area contributed by atoms with E-state index in [0.717, 1.165) is 67.7 Å². The highest BCUT2D eigenvalue weighted by atomic mass is 16.5. The zero-order valence-corrected chi connectivity index (χ0v) is 23.0. The number of hydrogen-bond donors (Lipinski definition) is 1. The van der Waals surface area contributed by atoms with E-state index in [-0.39, 0.29) is 12.0 Å². The van der Waals surface area contributed by atoms with E-state index in [4.69, 9.17) is 14.2 Å². The SMILES string of the molecule is Cc1cc(OC2CCC(CC#N)(n3cc(-c4ccnc(Nc5ccc(N6CCCCC6=O)cc5)n4)cn3)CC2)no1. The van der Waals surface area contributed by atoms with Crippen molar-refractivity contribution in [1.82, 2.24) is 24.9 Å². The molecule has 41 heavy (non-hydrogen) atoms. The summed E-state index contributed by atoms with van der Waals surface area (Å²) in [7, 11) is 0. The van der Waals surface area contributed by atoms with E-state index in [2.05, 4.69) is 26.6 Å². The third-order valence-corrected chi connectivity index (χ3v) is 7.94. The first-order valence-electron chi connectivity index (χ1n) is 14.0. The average molecular weight is 553 g/mol. The molecule has 0 atom stereocenters. The second-order valence-electron chi connectivity index (χ2n) is 10.8. The average Bonchev–Trinajstić information content (AvgIpc) is 3.65. The van der Waals surface area contributed by atoms with Crippen molar-refractivity contribution >= 4 is 23.2 Å². The van der Waals surface area contributed by atoms with Gasteiger partial charge in [0.2, 0.25) is 11.9 Å². The summed E-state index contributed by atoms with van der Waals surface area (Å²) in [4.78, 5) is 23.2. The van der Waals surface area contributed by atoms with Gasteiger partial charge in [0.05, 0.1) is 29.9 Å². The molecule has 2 fully saturated rings. The standard InChI is InChI=1S/C30H32N8O3/c1-21-18-27(36-41-21)40-25-9-12-30(13-10-25,14-15-31)38-20-22(19-33-38)26-11-16-32-29(35-26)34-23-5-7-24(8-6-23)37-17-3-2-4-28(37)39/h5-8,11,16,18-20,25H,2-4,9-10,12-14,17H2,1H3,(H,32,34,35). The topological polar surface area (TPSA) is 135 Å². The van der Waals surface area contributed by atoms with Crippen LogP contribution in [0.5, 0.6) is 5.88 Å². The number of carbonyl (C=O) groups is 1. The van der Waals surface area contributed by atoms with Gasteiger partial charge in [0.1, 0.15) is 11.9 Å². The molecule has 1 aliphatic heterocycles. The van der Waals surface area contributed by atoms with Gasteiger partial charge in [-0.25, -0.2) is 9.97 Å². The highest BCUT2D eigenvalue weighted by molar-refractivity contribution is 5.94. The molecule has 0 spiro atoms. The van der Waals surface area contributed by atoms with E-state index in [0.29, 0.717) is 30.4 Å². The third kappa shape index (κ3) is 5.77. The van der Waals surface area contributed by atoms with Crippen molar-refractivity contribution < 1.29 is 14.1 Å². The molecule has 2 aliphatic rings. The Kier molecular flexibility index (Phi) is 7.37. The molecule has 4 heterocycles. The number of nitriles is 1. The van der Waals surface area contributed by atoms with Crippen LogP contribution in [0.3, 0.4) is 0 Å². The Hall–Kier alpha value is -4.72. The molecule has 1 aromatic carbocycles. The lowest BCUT2D eigenvalue weighted by atomic mass is 9.78. The van der Waals surface area contributed by atoms with Crippen LogP contribution in [0.25, 0.3) is 11.3 Å². The molecule has 6 rings (SSSR count). The first-order chi connectivity index (χ1) is 20.0. The van der Waals surface area contributed by atoms with Gasteiger partial charge in [-0.3, -0.25) is 9.48 Å². The summed E-state index contributed by atoms with van der Waals surface area (Å²) in [5.74, 6) is 1.85. The van der Waals surface area contributed by atoms with Gasteiger partial charge in [-0.1, -0.05) is 0 Å². The fourth-order valence-corrected chi connectivity index (χ4v) is 5.68. The van der Waals surface area contributed by atoms with Crippen LogP contribution in [-0.2, 0) is 10.3 Å². The summed E-state index contributed by atoms with van der Waals surface area (Å²) in [5, 5.41) is 21.5. The Balaban J connectivity index is 1.13. The molecule has 210 valence electrons. The summed E-state index contributed by atoms with van der Waals surface area (Å²) in [6.45, 7) is 2.60. The highest BCUT2D eigenvalue weighted by Crippen LogP contribution is 2.39. The Morgan fingerprint density at radius 1 is 1.20 bits per heavy atom. The van der Waals surface area contributed by atoms with Gasteiger partial charge < -0.3 is 19.5 Å². The number of piperidine rings is 1. The van der Waals surface area contributed by atoms with Crippen LogP contribution in [0.1, 0.15) is 57.1 Å². The molecule has 11 nitrogen and oxygen atoms in total. The second kappa shape index (κ2) is 11.4. The quantitative estimate of drug-likeness (QED) is 0.299. The Bertz CT molecular complexity index is 1550. The fraction of sp³-hybridized carbons (Fsp3) is 0.400. The molecule has 1 amide bonds. The molecule has 4 aromatic rings. The van der Waals surface area contributed by atoms with E-state index in [1.165, 1.54) is 0 Å². The van der Waals surface area contributed by atoms with E-state index in [1.54, 1.807) is 18.5 Å². The molecule has 1 saturated carbocycles. The van der Waals surface area contributed by atoms with Crippen LogP contribution < -0.4 is 15.0 Å². The number of nitrogens with zero attached hydrogens (tertiary/aromatic N) is 7. The minimum atomic E-state index is -0.405. The van der Waals surface area contributed by atoms with Crippen LogP contribution >= 0.6 is 0 Å². The van der Waals surface area contributed by atoms with Crippen LogP contribution in [0.15, 0.2) is 59.5 Å². The zero-order valence-electron chi connectivity index (χ0n) is 23.0. The van der Waals surface area contributed by atoms with Gasteiger partial charge >= 0.3 is 0 Å².